The van der Waals surface area contributed by atoms with Crippen molar-refractivity contribution in [3.63, 3.8) is 0 Å². The van der Waals surface area contributed by atoms with Crippen LogP contribution in [0.3, 0.4) is 0 Å². The number of nitrogens with one attached hydrogen (secondary N) is 1. The van der Waals surface area contributed by atoms with Crippen LogP contribution in [0.25, 0.3) is 11.4 Å². The Hall–Kier alpha value is -1.48. The van der Waals surface area contributed by atoms with Gasteiger partial charge in [0.05, 0.1) is 0 Å². The SMILES string of the molecule is CCc1[nH]c(-c2ccc(C(C)C)cc2)nc(=S)c1C. The highest BCUT2D eigenvalue weighted by atomic mass is 32.1. The average Bonchev–Trinajstić information content (AvgIpc) is 2.41. The smallest absolute Gasteiger partial charge is 0.139 e. The fraction of sp³-hybridized carbons (Fsp3) is 0.375. The summed E-state index contributed by atoms with van der Waals surface area (Å²) in [5.74, 6) is 1.41. The summed E-state index contributed by atoms with van der Waals surface area (Å²) in [5.41, 5.74) is 4.68. The zero-order valence-corrected chi connectivity index (χ0v) is 12.8. The molecule has 0 aliphatic carbocycles. The van der Waals surface area contributed by atoms with Crippen molar-refractivity contribution in [2.75, 3.05) is 0 Å². The standard InChI is InChI=1S/C16H20N2S/c1-5-14-11(4)16(19)18-15(17-14)13-8-6-12(7-9-13)10(2)3/h6-10H,5H2,1-4H3,(H,17,18,19). The van der Waals surface area contributed by atoms with E-state index in [9.17, 15) is 0 Å². The molecule has 0 amide bonds. The molecule has 0 aliphatic heterocycles. The molecular formula is C16H20N2S. The molecule has 19 heavy (non-hydrogen) atoms. The van der Waals surface area contributed by atoms with Gasteiger partial charge in [0.2, 0.25) is 0 Å². The molecule has 100 valence electrons. The van der Waals surface area contributed by atoms with Gasteiger partial charge in [0.25, 0.3) is 0 Å². The van der Waals surface area contributed by atoms with E-state index in [4.69, 9.17) is 12.2 Å². The van der Waals surface area contributed by atoms with Crippen molar-refractivity contribution in [3.8, 4) is 11.4 Å². The van der Waals surface area contributed by atoms with Crippen LogP contribution >= 0.6 is 12.2 Å². The summed E-state index contributed by atoms with van der Waals surface area (Å²) in [5, 5.41) is 0. The molecule has 0 saturated carbocycles. The maximum Gasteiger partial charge on any atom is 0.139 e. The summed E-state index contributed by atoms with van der Waals surface area (Å²) in [6.07, 6.45) is 0.940. The number of nitrogens with zero attached hydrogens (tertiary/aromatic N) is 1. The molecule has 1 aromatic carbocycles. The summed E-state index contributed by atoms with van der Waals surface area (Å²) in [6, 6.07) is 8.53. The number of aryl methyl sites for hydroxylation is 1. The van der Waals surface area contributed by atoms with Gasteiger partial charge >= 0.3 is 0 Å². The van der Waals surface area contributed by atoms with E-state index in [2.05, 4.69) is 55.0 Å². The third-order valence-electron chi connectivity index (χ3n) is 3.46. The van der Waals surface area contributed by atoms with Crippen LogP contribution in [-0.2, 0) is 6.42 Å². The van der Waals surface area contributed by atoms with Crippen LogP contribution in [0.5, 0.6) is 0 Å². The van der Waals surface area contributed by atoms with Crippen LogP contribution in [0.1, 0.15) is 43.5 Å². The summed E-state index contributed by atoms with van der Waals surface area (Å²) in [6.45, 7) is 8.54. The lowest BCUT2D eigenvalue weighted by Gasteiger charge is -2.09. The van der Waals surface area contributed by atoms with E-state index in [-0.39, 0.29) is 0 Å². The summed E-state index contributed by atoms with van der Waals surface area (Å²) in [7, 11) is 0. The lowest BCUT2D eigenvalue weighted by Crippen LogP contribution is -1.99. The molecule has 0 spiro atoms. The molecule has 2 aromatic rings. The fourth-order valence-corrected chi connectivity index (χ4v) is 2.31. The minimum absolute atomic E-state index is 0.546. The zero-order chi connectivity index (χ0) is 14.0. The Bertz CT molecular complexity index is 624. The number of H-pyrrole nitrogens is 1. The van der Waals surface area contributed by atoms with Crippen molar-refractivity contribution in [2.24, 2.45) is 0 Å². The molecule has 1 aromatic heterocycles. The second kappa shape index (κ2) is 5.66. The minimum Gasteiger partial charge on any atom is -0.343 e. The lowest BCUT2D eigenvalue weighted by atomic mass is 10.0. The van der Waals surface area contributed by atoms with E-state index in [0.29, 0.717) is 10.6 Å². The minimum atomic E-state index is 0.546. The number of rotatable bonds is 3. The van der Waals surface area contributed by atoms with E-state index in [1.807, 2.05) is 6.92 Å². The summed E-state index contributed by atoms with van der Waals surface area (Å²) >= 11 is 5.33. The van der Waals surface area contributed by atoms with Crippen LogP contribution in [-0.4, -0.2) is 9.97 Å². The van der Waals surface area contributed by atoms with E-state index < -0.39 is 0 Å². The normalized spacial score (nSPS) is 11.0. The van der Waals surface area contributed by atoms with Crippen molar-refractivity contribution >= 4 is 12.2 Å². The second-order valence-electron chi connectivity index (χ2n) is 5.12. The molecule has 0 radical (unpaired) electrons. The number of aromatic amines is 1. The predicted molar refractivity (Wildman–Crippen MR) is 83.1 cm³/mol. The second-order valence-corrected chi connectivity index (χ2v) is 5.51. The number of hydrogen-bond acceptors (Lipinski definition) is 2. The Morgan fingerprint density at radius 1 is 1.21 bits per heavy atom. The van der Waals surface area contributed by atoms with Gasteiger partial charge in [-0.05, 0) is 24.8 Å². The molecule has 1 heterocycles. The van der Waals surface area contributed by atoms with Crippen molar-refractivity contribution < 1.29 is 0 Å². The number of hydrogen-bond donors (Lipinski definition) is 1. The Labute approximate surface area is 119 Å². The maximum absolute atomic E-state index is 5.33. The van der Waals surface area contributed by atoms with E-state index in [1.165, 1.54) is 11.3 Å². The predicted octanol–water partition coefficient (Wildman–Crippen LogP) is 4.80. The zero-order valence-electron chi connectivity index (χ0n) is 11.9. The quantitative estimate of drug-likeness (QED) is 0.813. The van der Waals surface area contributed by atoms with Crippen LogP contribution in [0.15, 0.2) is 24.3 Å². The van der Waals surface area contributed by atoms with Gasteiger partial charge in [-0.2, -0.15) is 0 Å². The molecule has 0 fully saturated rings. The average molecular weight is 272 g/mol. The first kappa shape index (κ1) is 13.9. The third kappa shape index (κ3) is 2.92. The number of benzene rings is 1. The molecule has 0 bridgehead atoms. The summed E-state index contributed by atoms with van der Waals surface area (Å²) < 4.78 is 0.693. The van der Waals surface area contributed by atoms with Crippen LogP contribution in [0.4, 0.5) is 0 Å². The van der Waals surface area contributed by atoms with Gasteiger partial charge in [-0.15, -0.1) is 0 Å². The van der Waals surface area contributed by atoms with Gasteiger partial charge in [-0.1, -0.05) is 57.3 Å². The molecule has 2 rings (SSSR count). The first-order chi connectivity index (χ1) is 9.02. The summed E-state index contributed by atoms with van der Waals surface area (Å²) in [4.78, 5) is 7.88. The van der Waals surface area contributed by atoms with Gasteiger partial charge in [-0.3, -0.25) is 0 Å². The van der Waals surface area contributed by atoms with Crippen LogP contribution in [0.2, 0.25) is 0 Å². The van der Waals surface area contributed by atoms with Gasteiger partial charge in [0.1, 0.15) is 10.5 Å². The molecule has 0 aliphatic rings. The maximum atomic E-state index is 5.33. The highest BCUT2D eigenvalue weighted by molar-refractivity contribution is 7.71. The van der Waals surface area contributed by atoms with Gasteiger partial charge in [0, 0.05) is 16.8 Å². The Kier molecular flexibility index (Phi) is 4.15. The Morgan fingerprint density at radius 2 is 1.84 bits per heavy atom. The van der Waals surface area contributed by atoms with Gasteiger partial charge < -0.3 is 4.98 Å². The molecule has 3 heteroatoms. The van der Waals surface area contributed by atoms with Crippen molar-refractivity contribution in [1.82, 2.24) is 9.97 Å². The lowest BCUT2D eigenvalue weighted by molar-refractivity contribution is 0.866. The molecule has 1 N–H and O–H groups in total. The first-order valence-corrected chi connectivity index (χ1v) is 7.13. The monoisotopic (exact) mass is 272 g/mol. The highest BCUT2D eigenvalue weighted by Gasteiger charge is 2.06. The van der Waals surface area contributed by atoms with Crippen LogP contribution in [0, 0.1) is 11.6 Å². The highest BCUT2D eigenvalue weighted by Crippen LogP contribution is 2.21. The Morgan fingerprint density at radius 3 is 2.37 bits per heavy atom. The van der Waals surface area contributed by atoms with Crippen molar-refractivity contribution in [1.29, 1.82) is 0 Å². The largest absolute Gasteiger partial charge is 0.343 e. The third-order valence-corrected chi connectivity index (χ3v) is 3.86. The fourth-order valence-electron chi connectivity index (χ4n) is 2.10. The van der Waals surface area contributed by atoms with Gasteiger partial charge in [-0.25, -0.2) is 4.98 Å². The van der Waals surface area contributed by atoms with Crippen LogP contribution < -0.4 is 0 Å². The van der Waals surface area contributed by atoms with E-state index in [1.54, 1.807) is 0 Å². The molecular weight excluding hydrogens is 252 g/mol. The van der Waals surface area contributed by atoms with E-state index in [0.717, 1.165) is 23.4 Å². The van der Waals surface area contributed by atoms with Gasteiger partial charge in [0.15, 0.2) is 0 Å². The Balaban J connectivity index is 2.47. The van der Waals surface area contributed by atoms with E-state index >= 15 is 0 Å². The number of aromatic nitrogens is 2. The molecule has 0 saturated heterocycles. The topological polar surface area (TPSA) is 28.7 Å². The molecule has 0 atom stereocenters. The molecule has 0 unspecified atom stereocenters. The molecule has 2 nitrogen and oxygen atoms in total. The van der Waals surface area contributed by atoms with Crippen molar-refractivity contribution in [3.05, 3.63) is 45.7 Å². The van der Waals surface area contributed by atoms with Crippen molar-refractivity contribution in [2.45, 2.75) is 40.0 Å². The first-order valence-electron chi connectivity index (χ1n) is 6.73.